The van der Waals surface area contributed by atoms with Gasteiger partial charge in [-0.2, -0.15) is 0 Å². The fourth-order valence-corrected chi connectivity index (χ4v) is 3.36. The summed E-state index contributed by atoms with van der Waals surface area (Å²) in [4.78, 5) is 4.47. The molecular formula is C21H16N4O2. The van der Waals surface area contributed by atoms with Crippen molar-refractivity contribution in [2.75, 3.05) is 7.11 Å². The van der Waals surface area contributed by atoms with E-state index in [2.05, 4.69) is 38.1 Å². The van der Waals surface area contributed by atoms with Crippen LogP contribution < -0.4 is 4.74 Å². The summed E-state index contributed by atoms with van der Waals surface area (Å²) in [5.41, 5.74) is 6.74. The number of hydrogen-bond donors (Lipinski definition) is 0. The van der Waals surface area contributed by atoms with Crippen LogP contribution in [-0.2, 0) is 6.54 Å². The fraction of sp³-hybridized carbons (Fsp3) is 0.0952. The van der Waals surface area contributed by atoms with E-state index >= 15 is 0 Å². The monoisotopic (exact) mass is 356 g/mol. The number of para-hydroxylation sites is 2. The van der Waals surface area contributed by atoms with Crippen molar-refractivity contribution in [2.45, 2.75) is 6.54 Å². The quantitative estimate of drug-likeness (QED) is 0.480. The average Bonchev–Trinajstić information content (AvgIpc) is 3.34. The summed E-state index contributed by atoms with van der Waals surface area (Å²) in [5.74, 6) is 0.810. The standard InChI is InChI=1S/C21H16N4O2/c1-26-21-9-6-14(12-25-13-22-18-4-2-3-5-20(18)25)10-16(21)15-7-8-17-19(11-15)24-27-23-17/h2-11,13H,12H2,1H3. The number of imidazole rings is 1. The van der Waals surface area contributed by atoms with E-state index in [1.807, 2.05) is 48.8 Å². The Morgan fingerprint density at radius 3 is 2.74 bits per heavy atom. The molecule has 3 aromatic carbocycles. The van der Waals surface area contributed by atoms with Gasteiger partial charge >= 0.3 is 0 Å². The molecule has 5 rings (SSSR count). The highest BCUT2D eigenvalue weighted by Crippen LogP contribution is 2.32. The van der Waals surface area contributed by atoms with Gasteiger partial charge in [0.1, 0.15) is 16.8 Å². The van der Waals surface area contributed by atoms with Crippen LogP contribution in [-0.4, -0.2) is 27.0 Å². The first-order chi connectivity index (χ1) is 13.3. The van der Waals surface area contributed by atoms with Gasteiger partial charge in [-0.15, -0.1) is 0 Å². The van der Waals surface area contributed by atoms with E-state index < -0.39 is 0 Å². The molecule has 2 aromatic heterocycles. The zero-order chi connectivity index (χ0) is 18.2. The minimum absolute atomic E-state index is 0.723. The Morgan fingerprint density at radius 1 is 0.926 bits per heavy atom. The Morgan fingerprint density at radius 2 is 1.81 bits per heavy atom. The van der Waals surface area contributed by atoms with Gasteiger partial charge in [0.05, 0.1) is 24.5 Å². The molecule has 0 bridgehead atoms. The highest BCUT2D eigenvalue weighted by atomic mass is 16.6. The van der Waals surface area contributed by atoms with Crippen molar-refractivity contribution in [3.05, 3.63) is 72.6 Å². The summed E-state index contributed by atoms with van der Waals surface area (Å²) in [5, 5.41) is 7.80. The van der Waals surface area contributed by atoms with Gasteiger partial charge in [-0.05, 0) is 57.8 Å². The van der Waals surface area contributed by atoms with Crippen LogP contribution in [0.2, 0.25) is 0 Å². The predicted octanol–water partition coefficient (Wildman–Crippen LogP) is 4.30. The van der Waals surface area contributed by atoms with E-state index in [0.717, 1.165) is 51.1 Å². The van der Waals surface area contributed by atoms with Gasteiger partial charge in [0, 0.05) is 12.1 Å². The first-order valence-electron chi connectivity index (χ1n) is 8.61. The van der Waals surface area contributed by atoms with Crippen molar-refractivity contribution >= 4 is 22.1 Å². The summed E-state index contributed by atoms with van der Waals surface area (Å²) >= 11 is 0. The minimum Gasteiger partial charge on any atom is -0.496 e. The molecule has 5 aromatic rings. The zero-order valence-electron chi connectivity index (χ0n) is 14.7. The molecule has 6 heteroatoms. The smallest absolute Gasteiger partial charge is 0.135 e. The highest BCUT2D eigenvalue weighted by molar-refractivity contribution is 5.82. The molecule has 0 N–H and O–H groups in total. The maximum Gasteiger partial charge on any atom is 0.135 e. The fourth-order valence-electron chi connectivity index (χ4n) is 3.36. The molecule has 27 heavy (non-hydrogen) atoms. The summed E-state index contributed by atoms with van der Waals surface area (Å²) in [7, 11) is 1.68. The van der Waals surface area contributed by atoms with Crippen LogP contribution in [0.25, 0.3) is 33.2 Å². The molecule has 0 aliphatic rings. The van der Waals surface area contributed by atoms with Crippen LogP contribution in [0.5, 0.6) is 5.75 Å². The highest BCUT2D eigenvalue weighted by Gasteiger charge is 2.11. The topological polar surface area (TPSA) is 66.0 Å². The zero-order valence-corrected chi connectivity index (χ0v) is 14.7. The lowest BCUT2D eigenvalue weighted by Gasteiger charge is -2.12. The van der Waals surface area contributed by atoms with Gasteiger partial charge in [0.2, 0.25) is 0 Å². The van der Waals surface area contributed by atoms with Crippen molar-refractivity contribution in [1.82, 2.24) is 19.9 Å². The van der Waals surface area contributed by atoms with Crippen LogP contribution in [0.3, 0.4) is 0 Å². The molecule has 132 valence electrons. The lowest BCUT2D eigenvalue weighted by atomic mass is 10.0. The lowest BCUT2D eigenvalue weighted by molar-refractivity contribution is 0.315. The predicted molar refractivity (Wildman–Crippen MR) is 103 cm³/mol. The molecule has 0 radical (unpaired) electrons. The van der Waals surface area contributed by atoms with E-state index in [0.29, 0.717) is 0 Å². The van der Waals surface area contributed by atoms with E-state index in [9.17, 15) is 0 Å². The number of methoxy groups -OCH3 is 1. The van der Waals surface area contributed by atoms with Gasteiger partial charge in [-0.1, -0.05) is 24.3 Å². The van der Waals surface area contributed by atoms with Crippen LogP contribution in [0, 0.1) is 0 Å². The maximum absolute atomic E-state index is 5.58. The first-order valence-corrected chi connectivity index (χ1v) is 8.61. The Labute approximate surface area is 155 Å². The van der Waals surface area contributed by atoms with Gasteiger partial charge in [0.15, 0.2) is 0 Å². The molecule has 0 saturated heterocycles. The van der Waals surface area contributed by atoms with E-state index in [1.54, 1.807) is 7.11 Å². The van der Waals surface area contributed by atoms with Gasteiger partial charge in [0.25, 0.3) is 0 Å². The third-order valence-electron chi connectivity index (χ3n) is 4.71. The van der Waals surface area contributed by atoms with Gasteiger partial charge in [-0.25, -0.2) is 9.61 Å². The Bertz CT molecular complexity index is 1260. The number of aromatic nitrogens is 4. The van der Waals surface area contributed by atoms with E-state index in [1.165, 1.54) is 0 Å². The van der Waals surface area contributed by atoms with Crippen LogP contribution in [0.4, 0.5) is 0 Å². The lowest BCUT2D eigenvalue weighted by Crippen LogP contribution is -1.99. The molecular weight excluding hydrogens is 340 g/mol. The van der Waals surface area contributed by atoms with Crippen molar-refractivity contribution in [3.63, 3.8) is 0 Å². The average molecular weight is 356 g/mol. The Kier molecular flexibility index (Phi) is 3.60. The third kappa shape index (κ3) is 2.71. The SMILES string of the molecule is COc1ccc(Cn2cnc3ccccc32)cc1-c1ccc2nonc2c1. The second-order valence-electron chi connectivity index (χ2n) is 6.36. The normalized spacial score (nSPS) is 11.3. The largest absolute Gasteiger partial charge is 0.496 e. The Hall–Kier alpha value is -3.67. The molecule has 0 amide bonds. The molecule has 6 nitrogen and oxygen atoms in total. The summed E-state index contributed by atoms with van der Waals surface area (Å²) < 4.78 is 12.5. The van der Waals surface area contributed by atoms with Crippen LogP contribution in [0.15, 0.2) is 71.6 Å². The van der Waals surface area contributed by atoms with E-state index in [4.69, 9.17) is 9.37 Å². The molecule has 0 aliphatic carbocycles. The number of rotatable bonds is 4. The van der Waals surface area contributed by atoms with Crippen molar-refractivity contribution in [2.24, 2.45) is 0 Å². The number of ether oxygens (including phenoxy) is 1. The molecule has 0 saturated carbocycles. The maximum atomic E-state index is 5.58. The summed E-state index contributed by atoms with van der Waals surface area (Å²) in [6.45, 7) is 0.727. The van der Waals surface area contributed by atoms with Crippen LogP contribution >= 0.6 is 0 Å². The Balaban J connectivity index is 1.57. The first kappa shape index (κ1) is 15.6. The molecule has 0 spiro atoms. The molecule has 0 fully saturated rings. The van der Waals surface area contributed by atoms with Gasteiger partial charge in [-0.3, -0.25) is 0 Å². The van der Waals surface area contributed by atoms with Crippen molar-refractivity contribution in [1.29, 1.82) is 0 Å². The molecule has 0 unspecified atom stereocenters. The van der Waals surface area contributed by atoms with E-state index in [-0.39, 0.29) is 0 Å². The summed E-state index contributed by atoms with van der Waals surface area (Å²) in [6.07, 6.45) is 1.88. The van der Waals surface area contributed by atoms with Crippen molar-refractivity contribution < 1.29 is 9.37 Å². The number of hydrogen-bond acceptors (Lipinski definition) is 5. The molecule has 0 atom stereocenters. The second kappa shape index (κ2) is 6.25. The number of benzene rings is 3. The van der Waals surface area contributed by atoms with Crippen molar-refractivity contribution in [3.8, 4) is 16.9 Å². The van der Waals surface area contributed by atoms with Crippen LogP contribution in [0.1, 0.15) is 5.56 Å². The summed E-state index contributed by atoms with van der Waals surface area (Å²) in [6, 6.07) is 20.2. The van der Waals surface area contributed by atoms with Gasteiger partial charge < -0.3 is 9.30 Å². The third-order valence-corrected chi connectivity index (χ3v) is 4.71. The number of nitrogens with zero attached hydrogens (tertiary/aromatic N) is 4. The second-order valence-corrected chi connectivity index (χ2v) is 6.36. The molecule has 2 heterocycles. The minimum atomic E-state index is 0.723. The number of fused-ring (bicyclic) bond motifs is 2. The molecule has 0 aliphatic heterocycles.